The molecule has 13 heavy (non-hydrogen) atoms. The fraction of sp³-hybridized carbons (Fsp3) is 0.900. The van der Waals surface area contributed by atoms with Crippen LogP contribution in [0, 0.1) is 10.8 Å². The van der Waals surface area contributed by atoms with Crippen LogP contribution in [-0.4, -0.2) is 38.0 Å². The quantitative estimate of drug-likeness (QED) is 0.639. The maximum atomic E-state index is 12.0. The number of nitrogens with one attached hydrogen (secondary N) is 1. The summed E-state index contributed by atoms with van der Waals surface area (Å²) >= 11 is 0. The molecule has 0 aromatic carbocycles. The van der Waals surface area contributed by atoms with E-state index in [2.05, 4.69) is 12.2 Å². The van der Waals surface area contributed by atoms with Crippen LogP contribution in [0.3, 0.4) is 0 Å². The molecule has 3 heteroatoms. The van der Waals surface area contributed by atoms with E-state index in [0.717, 1.165) is 19.5 Å². The summed E-state index contributed by atoms with van der Waals surface area (Å²) in [6.45, 7) is 4.12. The highest BCUT2D eigenvalue weighted by Gasteiger charge is 2.63. The van der Waals surface area contributed by atoms with Crippen molar-refractivity contribution in [2.24, 2.45) is 10.8 Å². The lowest BCUT2D eigenvalue weighted by Crippen LogP contribution is -2.57. The second kappa shape index (κ2) is 2.47. The zero-order chi connectivity index (χ0) is 9.69. The van der Waals surface area contributed by atoms with Crippen LogP contribution < -0.4 is 5.32 Å². The number of nitrogens with zero attached hydrogens (tertiary/aromatic N) is 1. The summed E-state index contributed by atoms with van der Waals surface area (Å²) in [5.74, 6) is 0.311. The van der Waals surface area contributed by atoms with E-state index in [4.69, 9.17) is 0 Å². The molecule has 74 valence electrons. The summed E-state index contributed by atoms with van der Waals surface area (Å²) in [6.07, 6.45) is 2.26. The van der Waals surface area contributed by atoms with Gasteiger partial charge < -0.3 is 10.2 Å². The third-order valence-electron chi connectivity index (χ3n) is 4.02. The van der Waals surface area contributed by atoms with Gasteiger partial charge in [0.15, 0.2) is 0 Å². The second-order valence-electron chi connectivity index (χ2n) is 4.95. The fourth-order valence-electron chi connectivity index (χ4n) is 2.83. The molecule has 2 rings (SSSR count). The molecule has 0 unspecified atom stereocenters. The lowest BCUT2D eigenvalue weighted by atomic mass is 9.51. The highest BCUT2D eigenvalue weighted by molar-refractivity contribution is 5.85. The van der Waals surface area contributed by atoms with Gasteiger partial charge in [-0.05, 0) is 18.3 Å². The maximum absolute atomic E-state index is 12.0. The molecule has 3 nitrogen and oxygen atoms in total. The van der Waals surface area contributed by atoms with Crippen molar-refractivity contribution < 1.29 is 4.79 Å². The van der Waals surface area contributed by atoms with Gasteiger partial charge in [0.25, 0.3) is 0 Å². The molecule has 2 atom stereocenters. The summed E-state index contributed by atoms with van der Waals surface area (Å²) in [5, 5.41) is 3.35. The number of carbonyl (C=O) groups is 1. The third-order valence-corrected chi connectivity index (χ3v) is 4.02. The molecule has 1 aliphatic carbocycles. The molecular formula is C10H18N2O. The van der Waals surface area contributed by atoms with E-state index in [1.54, 1.807) is 4.90 Å². The van der Waals surface area contributed by atoms with E-state index < -0.39 is 0 Å². The van der Waals surface area contributed by atoms with Crippen LogP contribution in [0.4, 0.5) is 0 Å². The average molecular weight is 182 g/mol. The zero-order valence-corrected chi connectivity index (χ0v) is 8.68. The SMILES string of the molecule is CN(C)C(=O)[C@@]12CC[C@]1(C)CNC2. The number of fused-ring (bicyclic) bond motifs is 1. The molecule has 0 aromatic rings. The van der Waals surface area contributed by atoms with Crippen LogP contribution in [0.15, 0.2) is 0 Å². The number of hydrogen-bond acceptors (Lipinski definition) is 2. The minimum absolute atomic E-state index is 0.0729. The van der Waals surface area contributed by atoms with Crippen molar-refractivity contribution in [3.8, 4) is 0 Å². The second-order valence-corrected chi connectivity index (χ2v) is 4.95. The van der Waals surface area contributed by atoms with Crippen LogP contribution in [-0.2, 0) is 4.79 Å². The minimum Gasteiger partial charge on any atom is -0.348 e. The molecule has 1 amide bonds. The molecule has 0 aromatic heterocycles. The van der Waals surface area contributed by atoms with E-state index in [-0.39, 0.29) is 10.8 Å². The minimum atomic E-state index is -0.0729. The Morgan fingerprint density at radius 1 is 1.31 bits per heavy atom. The van der Waals surface area contributed by atoms with Crippen molar-refractivity contribution in [3.63, 3.8) is 0 Å². The molecule has 1 N–H and O–H groups in total. The first-order chi connectivity index (χ1) is 6.02. The van der Waals surface area contributed by atoms with E-state index >= 15 is 0 Å². The molecule has 1 heterocycles. The van der Waals surface area contributed by atoms with Crippen LogP contribution in [0.5, 0.6) is 0 Å². The van der Waals surface area contributed by atoms with E-state index in [1.807, 2.05) is 14.1 Å². The zero-order valence-electron chi connectivity index (χ0n) is 8.68. The summed E-state index contributed by atoms with van der Waals surface area (Å²) < 4.78 is 0. The first kappa shape index (κ1) is 9.00. The van der Waals surface area contributed by atoms with Crippen molar-refractivity contribution in [2.75, 3.05) is 27.2 Å². The maximum Gasteiger partial charge on any atom is 0.230 e. The Kier molecular flexibility index (Phi) is 1.71. The lowest BCUT2D eigenvalue weighted by Gasteiger charge is -2.52. The van der Waals surface area contributed by atoms with Crippen LogP contribution in [0.1, 0.15) is 19.8 Å². The summed E-state index contributed by atoms with van der Waals surface area (Å²) in [5.41, 5.74) is 0.158. The summed E-state index contributed by atoms with van der Waals surface area (Å²) in [6, 6.07) is 0. The predicted molar refractivity (Wildman–Crippen MR) is 51.3 cm³/mol. The van der Waals surface area contributed by atoms with Gasteiger partial charge in [-0.3, -0.25) is 4.79 Å². The Morgan fingerprint density at radius 2 is 2.00 bits per heavy atom. The van der Waals surface area contributed by atoms with Gasteiger partial charge in [0.1, 0.15) is 0 Å². The Balaban J connectivity index is 2.26. The van der Waals surface area contributed by atoms with E-state index in [1.165, 1.54) is 6.42 Å². The standard InChI is InChI=1S/C10H18N2O/c1-9-4-5-10(9,7-11-6-9)8(13)12(2)3/h11H,4-7H2,1-3H3/t9-,10+/m1/s1. The van der Waals surface area contributed by atoms with Crippen LogP contribution in [0.2, 0.25) is 0 Å². The lowest BCUT2D eigenvalue weighted by molar-refractivity contribution is -0.154. The van der Waals surface area contributed by atoms with Gasteiger partial charge in [-0.15, -0.1) is 0 Å². The molecule has 0 bridgehead atoms. The van der Waals surface area contributed by atoms with Crippen LogP contribution >= 0.6 is 0 Å². The average Bonchev–Trinajstić information content (AvgIpc) is 2.28. The van der Waals surface area contributed by atoms with Gasteiger partial charge in [-0.2, -0.15) is 0 Å². The van der Waals surface area contributed by atoms with Gasteiger partial charge in [0, 0.05) is 27.2 Å². The molecule has 1 saturated heterocycles. The monoisotopic (exact) mass is 182 g/mol. The third kappa shape index (κ3) is 0.909. The molecular weight excluding hydrogens is 164 g/mol. The fourth-order valence-corrected chi connectivity index (χ4v) is 2.83. The Bertz CT molecular complexity index is 251. The molecule has 1 aliphatic heterocycles. The first-order valence-corrected chi connectivity index (χ1v) is 4.94. The Hall–Kier alpha value is -0.570. The van der Waals surface area contributed by atoms with Gasteiger partial charge in [0.05, 0.1) is 5.41 Å². The van der Waals surface area contributed by atoms with Crippen molar-refractivity contribution in [1.29, 1.82) is 0 Å². The number of rotatable bonds is 1. The van der Waals surface area contributed by atoms with Crippen molar-refractivity contribution in [3.05, 3.63) is 0 Å². The van der Waals surface area contributed by atoms with Gasteiger partial charge in [0.2, 0.25) is 5.91 Å². The van der Waals surface area contributed by atoms with Crippen LogP contribution in [0.25, 0.3) is 0 Å². The highest BCUT2D eigenvalue weighted by atomic mass is 16.2. The Morgan fingerprint density at radius 3 is 2.38 bits per heavy atom. The number of hydrogen-bond donors (Lipinski definition) is 1. The first-order valence-electron chi connectivity index (χ1n) is 4.94. The molecule has 0 spiro atoms. The van der Waals surface area contributed by atoms with E-state index in [0.29, 0.717) is 5.91 Å². The molecule has 0 radical (unpaired) electrons. The van der Waals surface area contributed by atoms with Crippen molar-refractivity contribution in [1.82, 2.24) is 10.2 Å². The van der Waals surface area contributed by atoms with Gasteiger partial charge >= 0.3 is 0 Å². The van der Waals surface area contributed by atoms with Crippen molar-refractivity contribution in [2.45, 2.75) is 19.8 Å². The van der Waals surface area contributed by atoms with E-state index in [9.17, 15) is 4.79 Å². The molecule has 1 saturated carbocycles. The number of amides is 1. The summed E-state index contributed by atoms with van der Waals surface area (Å²) in [7, 11) is 3.71. The Labute approximate surface area is 79.5 Å². The normalized spacial score (nSPS) is 42.4. The van der Waals surface area contributed by atoms with Gasteiger partial charge in [-0.1, -0.05) is 6.92 Å². The topological polar surface area (TPSA) is 32.3 Å². The molecule has 2 aliphatic rings. The number of carbonyl (C=O) groups excluding carboxylic acids is 1. The summed E-state index contributed by atoms with van der Waals surface area (Å²) in [4.78, 5) is 13.8. The molecule has 2 fully saturated rings. The van der Waals surface area contributed by atoms with Crippen molar-refractivity contribution >= 4 is 5.91 Å². The smallest absolute Gasteiger partial charge is 0.230 e. The predicted octanol–water partition coefficient (Wildman–Crippen LogP) is 0.464. The highest BCUT2D eigenvalue weighted by Crippen LogP contribution is 2.59. The largest absolute Gasteiger partial charge is 0.348 e. The van der Waals surface area contributed by atoms with Gasteiger partial charge in [-0.25, -0.2) is 0 Å².